The fourth-order valence-corrected chi connectivity index (χ4v) is 2.37. The van der Waals surface area contributed by atoms with E-state index in [1.807, 2.05) is 6.92 Å². The Bertz CT molecular complexity index is 451. The van der Waals surface area contributed by atoms with Crippen LogP contribution in [0.25, 0.3) is 0 Å². The van der Waals surface area contributed by atoms with E-state index in [0.29, 0.717) is 35.5 Å². The smallest absolute Gasteiger partial charge is 0.238 e. The molecular weight excluding hydrogens is 287 g/mol. The molecule has 0 unspecified atom stereocenters. The molecule has 0 saturated carbocycles. The first-order valence-electron chi connectivity index (χ1n) is 6.12. The second-order valence-corrected chi connectivity index (χ2v) is 5.32. The molecule has 1 fully saturated rings. The van der Waals surface area contributed by atoms with Crippen LogP contribution in [0, 0.1) is 6.92 Å². The number of halogens is 2. The van der Waals surface area contributed by atoms with Crippen molar-refractivity contribution < 1.29 is 9.53 Å². The quantitative estimate of drug-likeness (QED) is 0.933. The molecule has 1 aliphatic rings. The number of amides is 1. The number of hydrogen-bond acceptors (Lipinski definition) is 3. The van der Waals surface area contributed by atoms with Crippen LogP contribution in [0.1, 0.15) is 5.56 Å². The van der Waals surface area contributed by atoms with Crippen LogP contribution < -0.4 is 5.32 Å². The predicted molar refractivity (Wildman–Crippen MR) is 77.1 cm³/mol. The molecule has 4 nitrogen and oxygen atoms in total. The molecule has 1 aromatic carbocycles. The first-order chi connectivity index (χ1) is 9.06. The van der Waals surface area contributed by atoms with E-state index in [4.69, 9.17) is 27.9 Å². The summed E-state index contributed by atoms with van der Waals surface area (Å²) < 4.78 is 5.24. The maximum Gasteiger partial charge on any atom is 0.238 e. The monoisotopic (exact) mass is 302 g/mol. The molecule has 6 heteroatoms. The minimum Gasteiger partial charge on any atom is -0.379 e. The summed E-state index contributed by atoms with van der Waals surface area (Å²) in [5, 5.41) is 3.91. The molecule has 0 aromatic heterocycles. The summed E-state index contributed by atoms with van der Waals surface area (Å²) in [6.45, 7) is 5.10. The molecule has 0 atom stereocenters. The molecule has 2 rings (SSSR count). The molecule has 104 valence electrons. The molecule has 1 amide bonds. The Hall–Kier alpha value is -0.810. The second-order valence-electron chi connectivity index (χ2n) is 4.50. The van der Waals surface area contributed by atoms with Crippen molar-refractivity contribution in [2.24, 2.45) is 0 Å². The van der Waals surface area contributed by atoms with Gasteiger partial charge in [0.05, 0.1) is 19.8 Å². The van der Waals surface area contributed by atoms with E-state index in [-0.39, 0.29) is 5.91 Å². The average Bonchev–Trinajstić information content (AvgIpc) is 2.37. The van der Waals surface area contributed by atoms with Gasteiger partial charge < -0.3 is 10.1 Å². The van der Waals surface area contributed by atoms with Gasteiger partial charge in [0, 0.05) is 28.8 Å². The fourth-order valence-electron chi connectivity index (χ4n) is 1.88. The van der Waals surface area contributed by atoms with E-state index >= 15 is 0 Å². The van der Waals surface area contributed by atoms with E-state index in [2.05, 4.69) is 10.2 Å². The zero-order chi connectivity index (χ0) is 13.8. The van der Waals surface area contributed by atoms with Crippen LogP contribution in [0.3, 0.4) is 0 Å². The first kappa shape index (κ1) is 14.6. The Balaban J connectivity index is 1.94. The number of rotatable bonds is 3. The third kappa shape index (κ3) is 4.08. The van der Waals surface area contributed by atoms with Gasteiger partial charge >= 0.3 is 0 Å². The van der Waals surface area contributed by atoms with Gasteiger partial charge in [-0.2, -0.15) is 0 Å². The summed E-state index contributed by atoms with van der Waals surface area (Å²) in [6.07, 6.45) is 0. The summed E-state index contributed by atoms with van der Waals surface area (Å²) in [4.78, 5) is 14.0. The molecule has 1 aromatic rings. The first-order valence-corrected chi connectivity index (χ1v) is 6.87. The molecule has 1 heterocycles. The maximum absolute atomic E-state index is 11.9. The van der Waals surface area contributed by atoms with Crippen molar-refractivity contribution in [2.45, 2.75) is 6.92 Å². The van der Waals surface area contributed by atoms with E-state index in [1.54, 1.807) is 12.1 Å². The fraction of sp³-hybridized carbons (Fsp3) is 0.462. The number of morpholine rings is 1. The maximum atomic E-state index is 11.9. The van der Waals surface area contributed by atoms with Crippen LogP contribution in [0.5, 0.6) is 0 Å². The predicted octanol–water partition coefficient (Wildman–Crippen LogP) is 2.57. The Morgan fingerprint density at radius 3 is 2.47 bits per heavy atom. The molecule has 0 radical (unpaired) electrons. The molecule has 0 bridgehead atoms. The van der Waals surface area contributed by atoms with Crippen molar-refractivity contribution in [2.75, 3.05) is 38.2 Å². The highest BCUT2D eigenvalue weighted by molar-refractivity contribution is 6.36. The number of benzene rings is 1. The van der Waals surface area contributed by atoms with Gasteiger partial charge in [-0.3, -0.25) is 9.69 Å². The lowest BCUT2D eigenvalue weighted by molar-refractivity contribution is -0.118. The van der Waals surface area contributed by atoms with Crippen LogP contribution >= 0.6 is 23.2 Å². The molecule has 1 N–H and O–H groups in total. The van der Waals surface area contributed by atoms with E-state index < -0.39 is 0 Å². The lowest BCUT2D eigenvalue weighted by atomic mass is 10.2. The number of carbonyl (C=O) groups is 1. The number of nitrogens with one attached hydrogen (secondary N) is 1. The van der Waals surface area contributed by atoms with Crippen LogP contribution in [0.15, 0.2) is 12.1 Å². The molecular formula is C13H16Cl2N2O2. The zero-order valence-electron chi connectivity index (χ0n) is 10.7. The Morgan fingerprint density at radius 2 is 1.89 bits per heavy atom. The Morgan fingerprint density at radius 1 is 1.32 bits per heavy atom. The van der Waals surface area contributed by atoms with Crippen LogP contribution in [0.4, 0.5) is 5.69 Å². The summed E-state index contributed by atoms with van der Waals surface area (Å²) >= 11 is 12.1. The van der Waals surface area contributed by atoms with Crippen molar-refractivity contribution in [3.05, 3.63) is 27.7 Å². The molecule has 1 saturated heterocycles. The lowest BCUT2D eigenvalue weighted by Crippen LogP contribution is -2.41. The molecule has 0 spiro atoms. The summed E-state index contributed by atoms with van der Waals surface area (Å²) in [5.41, 5.74) is 1.44. The highest BCUT2D eigenvalue weighted by atomic mass is 35.5. The third-order valence-electron chi connectivity index (χ3n) is 3.04. The highest BCUT2D eigenvalue weighted by Crippen LogP contribution is 2.28. The minimum atomic E-state index is -0.0714. The zero-order valence-corrected chi connectivity index (χ0v) is 12.2. The largest absolute Gasteiger partial charge is 0.379 e. The Kier molecular flexibility index (Phi) is 5.05. The van der Waals surface area contributed by atoms with Crippen LogP contribution in [0.2, 0.25) is 10.0 Å². The van der Waals surface area contributed by atoms with Crippen molar-refractivity contribution in [3.8, 4) is 0 Å². The summed E-state index contributed by atoms with van der Waals surface area (Å²) in [5.74, 6) is -0.0714. The normalized spacial score (nSPS) is 16.4. The van der Waals surface area contributed by atoms with Gasteiger partial charge in [0.1, 0.15) is 0 Å². The van der Waals surface area contributed by atoms with Crippen LogP contribution in [-0.4, -0.2) is 43.7 Å². The standard InChI is InChI=1S/C13H16Cl2N2O2/c1-9-11(14)6-10(7-12(9)15)16-13(18)8-17-2-4-19-5-3-17/h6-7H,2-5,8H2,1H3,(H,16,18). The SMILES string of the molecule is Cc1c(Cl)cc(NC(=O)CN2CCOCC2)cc1Cl. The molecule has 1 aliphatic heterocycles. The lowest BCUT2D eigenvalue weighted by Gasteiger charge is -2.25. The van der Waals surface area contributed by atoms with Gasteiger partial charge in [-0.05, 0) is 24.6 Å². The number of nitrogens with zero attached hydrogens (tertiary/aromatic N) is 1. The third-order valence-corrected chi connectivity index (χ3v) is 3.82. The summed E-state index contributed by atoms with van der Waals surface area (Å²) in [6, 6.07) is 3.42. The van der Waals surface area contributed by atoms with E-state index in [9.17, 15) is 4.79 Å². The number of carbonyl (C=O) groups excluding carboxylic acids is 1. The van der Waals surface area contributed by atoms with Gasteiger partial charge in [0.2, 0.25) is 5.91 Å². The Labute approximate surface area is 122 Å². The molecule has 0 aliphatic carbocycles. The number of ether oxygens (including phenoxy) is 1. The van der Waals surface area contributed by atoms with E-state index in [1.165, 1.54) is 0 Å². The topological polar surface area (TPSA) is 41.6 Å². The van der Waals surface area contributed by atoms with Gasteiger partial charge in [0.25, 0.3) is 0 Å². The van der Waals surface area contributed by atoms with E-state index in [0.717, 1.165) is 18.7 Å². The van der Waals surface area contributed by atoms with Crippen LogP contribution in [-0.2, 0) is 9.53 Å². The van der Waals surface area contributed by atoms with Gasteiger partial charge in [-0.25, -0.2) is 0 Å². The van der Waals surface area contributed by atoms with Gasteiger partial charge in [-0.1, -0.05) is 23.2 Å². The second kappa shape index (κ2) is 6.57. The van der Waals surface area contributed by atoms with Crippen molar-refractivity contribution >= 4 is 34.8 Å². The summed E-state index contributed by atoms with van der Waals surface area (Å²) in [7, 11) is 0. The number of hydrogen-bond donors (Lipinski definition) is 1. The molecule has 19 heavy (non-hydrogen) atoms. The minimum absolute atomic E-state index is 0.0714. The van der Waals surface area contributed by atoms with Crippen molar-refractivity contribution in [1.82, 2.24) is 4.90 Å². The average molecular weight is 303 g/mol. The van der Waals surface area contributed by atoms with Gasteiger partial charge in [-0.15, -0.1) is 0 Å². The van der Waals surface area contributed by atoms with Crippen molar-refractivity contribution in [3.63, 3.8) is 0 Å². The number of anilines is 1. The highest BCUT2D eigenvalue weighted by Gasteiger charge is 2.14. The van der Waals surface area contributed by atoms with Crippen molar-refractivity contribution in [1.29, 1.82) is 0 Å². The van der Waals surface area contributed by atoms with Gasteiger partial charge in [0.15, 0.2) is 0 Å².